The number of carbonyl (C=O) groups is 1. The van der Waals surface area contributed by atoms with E-state index in [1.807, 2.05) is 6.07 Å². The molecule has 0 bridgehead atoms. The topological polar surface area (TPSA) is 113 Å². The number of sulfone groups is 1. The minimum absolute atomic E-state index is 0.195. The lowest BCUT2D eigenvalue weighted by molar-refractivity contribution is -0.126. The van der Waals surface area contributed by atoms with E-state index in [0.29, 0.717) is 5.56 Å². The number of alkyl halides is 2. The summed E-state index contributed by atoms with van der Waals surface area (Å²) in [5.74, 6) is -2.36. The molecule has 1 aromatic heterocycles. The Morgan fingerprint density at radius 1 is 1.27 bits per heavy atom. The molecule has 1 aliphatic carbocycles. The van der Waals surface area contributed by atoms with Crippen LogP contribution in [-0.4, -0.2) is 32.0 Å². The summed E-state index contributed by atoms with van der Waals surface area (Å²) in [6.45, 7) is 0. The normalized spacial score (nSPS) is 18.3. The van der Waals surface area contributed by atoms with Gasteiger partial charge in [0.2, 0.25) is 5.91 Å². The summed E-state index contributed by atoms with van der Waals surface area (Å²) < 4.78 is 53.8. The maximum atomic E-state index is 13.9. The molecule has 0 radical (unpaired) electrons. The second-order valence-corrected chi connectivity index (χ2v) is 10.5. The van der Waals surface area contributed by atoms with Crippen molar-refractivity contribution in [2.75, 3.05) is 5.75 Å². The summed E-state index contributed by atoms with van der Waals surface area (Å²) in [6, 6.07) is 11.7. The Kier molecular flexibility index (Phi) is 6.26. The molecule has 2 aromatic rings. The third-order valence-electron chi connectivity index (χ3n) is 5.37. The number of carbonyl (C=O) groups excluding carboxylic acids is 1. The van der Waals surface area contributed by atoms with E-state index in [-0.39, 0.29) is 17.7 Å². The lowest BCUT2D eigenvalue weighted by Crippen LogP contribution is -2.66. The zero-order chi connectivity index (χ0) is 22.0. The summed E-state index contributed by atoms with van der Waals surface area (Å²) in [7, 11) is -3.99. The van der Waals surface area contributed by atoms with Crippen LogP contribution < -0.4 is 11.1 Å². The number of nitrogens with one attached hydrogen (secondary N) is 1. The van der Waals surface area contributed by atoms with Gasteiger partial charge in [0.05, 0.1) is 23.0 Å². The van der Waals surface area contributed by atoms with Gasteiger partial charge in [0, 0.05) is 4.88 Å². The monoisotopic (exact) mass is 453 g/mol. The Morgan fingerprint density at radius 2 is 1.93 bits per heavy atom. The lowest BCUT2D eigenvalue weighted by Gasteiger charge is -2.38. The van der Waals surface area contributed by atoms with Crippen LogP contribution in [0.3, 0.4) is 0 Å². The van der Waals surface area contributed by atoms with E-state index in [2.05, 4.69) is 5.32 Å². The Morgan fingerprint density at radius 3 is 2.40 bits per heavy atom. The van der Waals surface area contributed by atoms with Crippen molar-refractivity contribution in [1.29, 1.82) is 5.26 Å². The second-order valence-electron chi connectivity index (χ2n) is 7.45. The third-order valence-corrected chi connectivity index (χ3v) is 7.97. The highest BCUT2D eigenvalue weighted by atomic mass is 32.2. The molecular formula is C20H21F2N3O3S2. The molecule has 3 N–H and O–H groups in total. The van der Waals surface area contributed by atoms with Crippen LogP contribution in [0.2, 0.25) is 0 Å². The van der Waals surface area contributed by atoms with Gasteiger partial charge in [-0.05, 0) is 29.9 Å². The molecule has 1 aromatic carbocycles. The van der Waals surface area contributed by atoms with Gasteiger partial charge >= 0.3 is 0 Å². The Hall–Kier alpha value is -2.35. The first-order chi connectivity index (χ1) is 14.1. The van der Waals surface area contributed by atoms with Gasteiger partial charge in [-0.15, -0.1) is 11.3 Å². The zero-order valence-electron chi connectivity index (χ0n) is 15.9. The fourth-order valence-corrected chi connectivity index (χ4v) is 6.40. The van der Waals surface area contributed by atoms with Crippen molar-refractivity contribution < 1.29 is 22.0 Å². The molecule has 0 aliphatic heterocycles. The number of halogens is 2. The van der Waals surface area contributed by atoms with Crippen LogP contribution in [0.5, 0.6) is 0 Å². The number of primary amides is 1. The van der Waals surface area contributed by atoms with Crippen LogP contribution in [0.25, 0.3) is 0 Å². The number of benzene rings is 1. The predicted molar refractivity (Wildman–Crippen MR) is 109 cm³/mol. The molecule has 1 heterocycles. The number of nitriles is 1. The van der Waals surface area contributed by atoms with Gasteiger partial charge in [-0.3, -0.25) is 10.1 Å². The van der Waals surface area contributed by atoms with E-state index >= 15 is 0 Å². The van der Waals surface area contributed by atoms with Crippen molar-refractivity contribution in [1.82, 2.24) is 5.32 Å². The van der Waals surface area contributed by atoms with Crippen molar-refractivity contribution in [2.24, 2.45) is 11.1 Å². The third kappa shape index (κ3) is 4.38. The first-order valence-corrected chi connectivity index (χ1v) is 11.9. The minimum atomic E-state index is -3.99. The molecule has 1 fully saturated rings. The molecule has 0 saturated heterocycles. The molecule has 2 atom stereocenters. The average molecular weight is 454 g/mol. The van der Waals surface area contributed by atoms with Gasteiger partial charge < -0.3 is 5.73 Å². The molecule has 3 rings (SSSR count). The van der Waals surface area contributed by atoms with Crippen molar-refractivity contribution in [3.05, 3.63) is 58.3 Å². The minimum Gasteiger partial charge on any atom is -0.368 e. The van der Waals surface area contributed by atoms with Gasteiger partial charge in [-0.25, -0.2) is 17.2 Å². The van der Waals surface area contributed by atoms with E-state index in [1.54, 1.807) is 41.8 Å². The zero-order valence-corrected chi connectivity index (χ0v) is 17.6. The summed E-state index contributed by atoms with van der Waals surface area (Å²) in [5, 5.41) is 13.9. The molecule has 0 spiro atoms. The standard InChI is InChI=1S/C20H21F2N3O3S2/c21-17(22)16(15-7-4-10-29-15)25-20(18(24)26,19(12-23)8-9-19)13-30(27,28)11-14-5-2-1-3-6-14/h1-7,10,16-17,25H,8-9,11,13H2,(H2,24,26)/t16-,20-/m0/s1. The largest absolute Gasteiger partial charge is 0.368 e. The summed E-state index contributed by atoms with van der Waals surface area (Å²) in [6.07, 6.45) is -2.55. The molecule has 1 aliphatic rings. The van der Waals surface area contributed by atoms with Gasteiger partial charge in [0.25, 0.3) is 6.43 Å². The number of nitrogens with two attached hydrogens (primary N) is 1. The van der Waals surface area contributed by atoms with Crippen molar-refractivity contribution >= 4 is 27.1 Å². The maximum Gasteiger partial charge on any atom is 0.258 e. The van der Waals surface area contributed by atoms with Crippen LogP contribution in [0.15, 0.2) is 47.8 Å². The van der Waals surface area contributed by atoms with Crippen molar-refractivity contribution in [3.63, 3.8) is 0 Å². The lowest BCUT2D eigenvalue weighted by atomic mass is 9.81. The Labute approximate surface area is 177 Å². The highest BCUT2D eigenvalue weighted by Gasteiger charge is 2.66. The van der Waals surface area contributed by atoms with E-state index in [9.17, 15) is 27.3 Å². The number of hydrogen-bond donors (Lipinski definition) is 2. The van der Waals surface area contributed by atoms with Gasteiger partial charge in [-0.2, -0.15) is 5.26 Å². The van der Waals surface area contributed by atoms with Crippen LogP contribution in [-0.2, 0) is 20.4 Å². The molecule has 1 amide bonds. The van der Waals surface area contributed by atoms with Crippen LogP contribution >= 0.6 is 11.3 Å². The predicted octanol–water partition coefficient (Wildman–Crippen LogP) is 2.79. The fourth-order valence-electron chi connectivity index (χ4n) is 3.66. The van der Waals surface area contributed by atoms with E-state index in [4.69, 9.17) is 5.73 Å². The summed E-state index contributed by atoms with van der Waals surface area (Å²) >= 11 is 1.04. The number of thiophene rings is 1. The van der Waals surface area contributed by atoms with E-state index in [1.165, 1.54) is 6.07 Å². The average Bonchev–Trinajstić information content (AvgIpc) is 3.31. The Balaban J connectivity index is 2.02. The van der Waals surface area contributed by atoms with E-state index < -0.39 is 50.7 Å². The van der Waals surface area contributed by atoms with Crippen LogP contribution in [0.4, 0.5) is 8.78 Å². The fraction of sp³-hybridized carbons (Fsp3) is 0.400. The quantitative estimate of drug-likeness (QED) is 0.574. The SMILES string of the molecule is N#CC1([C@@](CS(=O)(=O)Cc2ccccc2)(N[C@@H](c2cccs2)C(F)F)C(N)=O)CC1. The van der Waals surface area contributed by atoms with E-state index in [0.717, 1.165) is 11.3 Å². The number of rotatable bonds is 10. The Bertz CT molecular complexity index is 1030. The highest BCUT2D eigenvalue weighted by Crippen LogP contribution is 2.55. The molecule has 1 saturated carbocycles. The summed E-state index contributed by atoms with van der Waals surface area (Å²) in [4.78, 5) is 12.9. The van der Waals surface area contributed by atoms with Crippen LogP contribution in [0, 0.1) is 16.7 Å². The number of nitrogens with zero attached hydrogens (tertiary/aromatic N) is 1. The second kappa shape index (κ2) is 8.41. The number of hydrogen-bond acceptors (Lipinski definition) is 6. The molecular weight excluding hydrogens is 432 g/mol. The maximum absolute atomic E-state index is 13.9. The molecule has 160 valence electrons. The molecule has 6 nitrogen and oxygen atoms in total. The number of amides is 1. The highest BCUT2D eigenvalue weighted by molar-refractivity contribution is 7.90. The van der Waals surface area contributed by atoms with Gasteiger partial charge in [0.15, 0.2) is 9.84 Å². The first-order valence-electron chi connectivity index (χ1n) is 9.19. The van der Waals surface area contributed by atoms with Crippen molar-refractivity contribution in [3.8, 4) is 6.07 Å². The van der Waals surface area contributed by atoms with Crippen LogP contribution in [0.1, 0.15) is 29.3 Å². The first kappa shape index (κ1) is 22.3. The van der Waals surface area contributed by atoms with Crippen molar-refractivity contribution in [2.45, 2.75) is 36.6 Å². The molecule has 10 heteroatoms. The summed E-state index contributed by atoms with van der Waals surface area (Å²) in [5.41, 5.74) is 2.51. The van der Waals surface area contributed by atoms with Gasteiger partial charge in [-0.1, -0.05) is 36.4 Å². The molecule has 30 heavy (non-hydrogen) atoms. The molecule has 0 unspecified atom stereocenters. The smallest absolute Gasteiger partial charge is 0.258 e. The van der Waals surface area contributed by atoms with Gasteiger partial charge in [0.1, 0.15) is 11.6 Å².